The highest BCUT2D eigenvalue weighted by Crippen LogP contribution is 2.09. The second kappa shape index (κ2) is 4.73. The van der Waals surface area contributed by atoms with E-state index in [0.29, 0.717) is 18.1 Å². The smallest absolute Gasteiger partial charge is 0.233 e. The number of methoxy groups -OCH3 is 1. The molecule has 0 spiro atoms. The van der Waals surface area contributed by atoms with Gasteiger partial charge in [0.05, 0.1) is 7.11 Å². The van der Waals surface area contributed by atoms with Gasteiger partial charge in [-0.25, -0.2) is 0 Å². The molecule has 2 rings (SSSR count). The first kappa shape index (κ1) is 11.3. The molecule has 0 saturated heterocycles. The lowest BCUT2D eigenvalue weighted by molar-refractivity contribution is 0.102. The Morgan fingerprint density at radius 1 is 1.35 bits per heavy atom. The molecule has 0 aromatic carbocycles. The van der Waals surface area contributed by atoms with E-state index in [-0.39, 0.29) is 11.5 Å². The Labute approximate surface area is 98.2 Å². The lowest BCUT2D eigenvalue weighted by Crippen LogP contribution is -2.12. The van der Waals surface area contributed by atoms with Gasteiger partial charge in [0.1, 0.15) is 11.4 Å². The summed E-state index contributed by atoms with van der Waals surface area (Å²) < 4.78 is 6.50. The number of rotatable bonds is 4. The van der Waals surface area contributed by atoms with Crippen LogP contribution in [-0.2, 0) is 6.54 Å². The van der Waals surface area contributed by atoms with E-state index in [2.05, 4.69) is 15.3 Å². The maximum Gasteiger partial charge on any atom is 0.233 e. The average molecular weight is 232 g/mol. The largest absolute Gasteiger partial charge is 0.480 e. The number of aryl methyl sites for hydroxylation is 1. The van der Waals surface area contributed by atoms with Gasteiger partial charge in [0, 0.05) is 18.8 Å². The van der Waals surface area contributed by atoms with E-state index in [0.717, 1.165) is 0 Å². The van der Waals surface area contributed by atoms with Crippen molar-refractivity contribution in [3.8, 4) is 5.88 Å². The van der Waals surface area contributed by atoms with E-state index in [9.17, 15) is 4.79 Å². The summed E-state index contributed by atoms with van der Waals surface area (Å²) in [6.45, 7) is 2.56. The predicted molar refractivity (Wildman–Crippen MR) is 59.9 cm³/mol. The van der Waals surface area contributed by atoms with Gasteiger partial charge in [-0.2, -0.15) is 5.10 Å². The first-order valence-electron chi connectivity index (χ1n) is 5.20. The number of ether oxygens (including phenoxy) is 1. The van der Waals surface area contributed by atoms with Crippen LogP contribution >= 0.6 is 0 Å². The zero-order valence-electron chi connectivity index (χ0n) is 9.62. The number of aromatic nitrogens is 4. The molecule has 6 nitrogen and oxygen atoms in total. The van der Waals surface area contributed by atoms with Gasteiger partial charge in [0.25, 0.3) is 0 Å². The molecule has 0 unspecified atom stereocenters. The molecular weight excluding hydrogens is 220 g/mol. The lowest BCUT2D eigenvalue weighted by Gasteiger charge is -2.03. The summed E-state index contributed by atoms with van der Waals surface area (Å²) in [7, 11) is 1.50. The summed E-state index contributed by atoms with van der Waals surface area (Å²) >= 11 is 0. The van der Waals surface area contributed by atoms with Crippen LogP contribution < -0.4 is 4.74 Å². The third kappa shape index (κ3) is 2.15. The number of carbonyl (C=O) groups is 1. The molecule has 0 N–H and O–H groups in total. The molecule has 0 saturated carbocycles. The summed E-state index contributed by atoms with van der Waals surface area (Å²) in [5.41, 5.74) is 0.785. The number of ketones is 1. The zero-order chi connectivity index (χ0) is 12.3. The van der Waals surface area contributed by atoms with Gasteiger partial charge in [-0.05, 0) is 19.1 Å². The predicted octanol–water partition coefficient (Wildman–Crippen LogP) is 0.933. The quantitative estimate of drug-likeness (QED) is 0.733. The molecule has 0 radical (unpaired) electrons. The second-order valence-corrected chi connectivity index (χ2v) is 3.32. The van der Waals surface area contributed by atoms with Crippen LogP contribution in [0, 0.1) is 0 Å². The molecular formula is C11H12N4O2. The first-order chi connectivity index (χ1) is 8.26. The standard InChI is InChI=1S/C11H12N4O2/c1-3-15-9(6-7-12-15)11(16)8-4-5-10(17-2)14-13-8/h4-7H,3H2,1-2H3. The number of hydrogen-bond acceptors (Lipinski definition) is 5. The third-order valence-electron chi connectivity index (χ3n) is 2.33. The monoisotopic (exact) mass is 232 g/mol. The highest BCUT2D eigenvalue weighted by Gasteiger charge is 2.15. The lowest BCUT2D eigenvalue weighted by atomic mass is 10.2. The molecule has 88 valence electrons. The van der Waals surface area contributed by atoms with Gasteiger partial charge in [-0.1, -0.05) is 0 Å². The number of nitrogens with zero attached hydrogens (tertiary/aromatic N) is 4. The Bertz CT molecular complexity index is 519. The summed E-state index contributed by atoms with van der Waals surface area (Å²) in [6, 6.07) is 4.85. The molecule has 0 aliphatic heterocycles. The molecule has 17 heavy (non-hydrogen) atoms. The van der Waals surface area contributed by atoms with Crippen molar-refractivity contribution in [3.05, 3.63) is 35.8 Å². The minimum Gasteiger partial charge on any atom is -0.480 e. The minimum absolute atomic E-state index is 0.195. The molecule has 0 amide bonds. The van der Waals surface area contributed by atoms with Gasteiger partial charge in [0.15, 0.2) is 0 Å². The second-order valence-electron chi connectivity index (χ2n) is 3.32. The van der Waals surface area contributed by atoms with Crippen LogP contribution in [0.1, 0.15) is 23.1 Å². The van der Waals surface area contributed by atoms with E-state index in [4.69, 9.17) is 4.74 Å². The molecule has 2 heterocycles. The molecule has 0 aliphatic rings. The molecule has 0 bridgehead atoms. The van der Waals surface area contributed by atoms with Crippen LogP contribution in [0.25, 0.3) is 0 Å². The van der Waals surface area contributed by atoms with Crippen molar-refractivity contribution < 1.29 is 9.53 Å². The molecule has 2 aromatic heterocycles. The normalized spacial score (nSPS) is 10.2. The molecule has 0 fully saturated rings. The summed E-state index contributed by atoms with van der Waals surface area (Å²) in [4.78, 5) is 12.1. The molecule has 0 aliphatic carbocycles. The van der Waals surface area contributed by atoms with Crippen molar-refractivity contribution in [1.29, 1.82) is 0 Å². The molecule has 0 atom stereocenters. The highest BCUT2D eigenvalue weighted by atomic mass is 16.5. The van der Waals surface area contributed by atoms with E-state index in [1.165, 1.54) is 7.11 Å². The van der Waals surface area contributed by atoms with E-state index >= 15 is 0 Å². The number of carbonyl (C=O) groups excluding carboxylic acids is 1. The van der Waals surface area contributed by atoms with Gasteiger partial charge in [-0.15, -0.1) is 10.2 Å². The SMILES string of the molecule is CCn1nccc1C(=O)c1ccc(OC)nn1. The fraction of sp³-hybridized carbons (Fsp3) is 0.273. The van der Waals surface area contributed by atoms with Crippen LogP contribution in [0.2, 0.25) is 0 Å². The van der Waals surface area contributed by atoms with Gasteiger partial charge >= 0.3 is 0 Å². The topological polar surface area (TPSA) is 69.9 Å². The van der Waals surface area contributed by atoms with Crippen molar-refractivity contribution in [2.24, 2.45) is 0 Å². The van der Waals surface area contributed by atoms with Gasteiger partial charge in [-0.3, -0.25) is 9.48 Å². The maximum atomic E-state index is 12.1. The summed E-state index contributed by atoms with van der Waals surface area (Å²) in [5, 5.41) is 11.6. The average Bonchev–Trinajstić information content (AvgIpc) is 2.86. The van der Waals surface area contributed by atoms with Gasteiger partial charge in [0.2, 0.25) is 11.7 Å². The Kier molecular flexibility index (Phi) is 3.13. The first-order valence-corrected chi connectivity index (χ1v) is 5.20. The van der Waals surface area contributed by atoms with Crippen molar-refractivity contribution in [2.75, 3.05) is 7.11 Å². The van der Waals surface area contributed by atoms with Crippen LogP contribution in [0.4, 0.5) is 0 Å². The Hall–Kier alpha value is -2.24. The van der Waals surface area contributed by atoms with Crippen molar-refractivity contribution in [1.82, 2.24) is 20.0 Å². The fourth-order valence-electron chi connectivity index (χ4n) is 1.46. The highest BCUT2D eigenvalue weighted by molar-refractivity contribution is 6.06. The number of hydrogen-bond donors (Lipinski definition) is 0. The van der Waals surface area contributed by atoms with E-state index < -0.39 is 0 Å². The van der Waals surface area contributed by atoms with Crippen molar-refractivity contribution >= 4 is 5.78 Å². The van der Waals surface area contributed by atoms with E-state index in [1.807, 2.05) is 6.92 Å². The summed E-state index contributed by atoms with van der Waals surface area (Å²) in [6.07, 6.45) is 1.59. The maximum absolute atomic E-state index is 12.1. The van der Waals surface area contributed by atoms with Crippen molar-refractivity contribution in [2.45, 2.75) is 13.5 Å². The fourth-order valence-corrected chi connectivity index (χ4v) is 1.46. The zero-order valence-corrected chi connectivity index (χ0v) is 9.62. The Morgan fingerprint density at radius 2 is 2.18 bits per heavy atom. The Balaban J connectivity index is 2.30. The van der Waals surface area contributed by atoms with Crippen LogP contribution in [0.15, 0.2) is 24.4 Å². The Morgan fingerprint density at radius 3 is 2.76 bits per heavy atom. The molecule has 2 aromatic rings. The van der Waals surface area contributed by atoms with Crippen LogP contribution in [0.5, 0.6) is 5.88 Å². The van der Waals surface area contributed by atoms with Crippen LogP contribution in [0.3, 0.4) is 0 Å². The van der Waals surface area contributed by atoms with E-state index in [1.54, 1.807) is 29.1 Å². The van der Waals surface area contributed by atoms with Crippen molar-refractivity contribution in [3.63, 3.8) is 0 Å². The van der Waals surface area contributed by atoms with Crippen LogP contribution in [-0.4, -0.2) is 32.9 Å². The summed E-state index contributed by atoms with van der Waals surface area (Å²) in [5.74, 6) is 0.185. The van der Waals surface area contributed by atoms with Gasteiger partial charge < -0.3 is 4.74 Å². The molecule has 6 heteroatoms. The third-order valence-corrected chi connectivity index (χ3v) is 2.33. The minimum atomic E-state index is -0.195.